The van der Waals surface area contributed by atoms with Gasteiger partial charge in [-0.3, -0.25) is 4.79 Å². The predicted octanol–water partition coefficient (Wildman–Crippen LogP) is 5.32. The van der Waals surface area contributed by atoms with Crippen LogP contribution in [0.3, 0.4) is 0 Å². The zero-order chi connectivity index (χ0) is 20.4. The minimum absolute atomic E-state index is 0.0591. The number of benzene rings is 3. The minimum Gasteiger partial charge on any atom is -0.335 e. The molecule has 0 bridgehead atoms. The maximum atomic E-state index is 12.8. The van der Waals surface area contributed by atoms with Gasteiger partial charge in [-0.25, -0.2) is 4.98 Å². The summed E-state index contributed by atoms with van der Waals surface area (Å²) in [5.41, 5.74) is 2.20. The average Bonchev–Trinajstić information content (AvgIpc) is 3.20. The fourth-order valence-corrected chi connectivity index (χ4v) is 4.62. The van der Waals surface area contributed by atoms with E-state index in [-0.39, 0.29) is 24.5 Å². The summed E-state index contributed by atoms with van der Waals surface area (Å²) in [6.45, 7) is 4.42. The highest BCUT2D eigenvalue weighted by molar-refractivity contribution is 7.18. The molecule has 0 radical (unpaired) electrons. The quantitative estimate of drug-likeness (QED) is 0.474. The van der Waals surface area contributed by atoms with Gasteiger partial charge in [0.15, 0.2) is 0 Å². The summed E-state index contributed by atoms with van der Waals surface area (Å²) in [6, 6.07) is 22.8. The van der Waals surface area contributed by atoms with Crippen molar-refractivity contribution in [1.82, 2.24) is 15.2 Å². The molecule has 3 aromatic carbocycles. The molecule has 0 spiro atoms. The molecule has 1 amide bonds. The van der Waals surface area contributed by atoms with E-state index in [0.29, 0.717) is 0 Å². The second-order valence-electron chi connectivity index (χ2n) is 7.37. The highest BCUT2D eigenvalue weighted by Gasteiger charge is 2.21. The van der Waals surface area contributed by atoms with Gasteiger partial charge in [-0.05, 0) is 42.3 Å². The topological polar surface area (TPSA) is 45.2 Å². The fraction of sp³-hybridized carbons (Fsp3) is 0.250. The van der Waals surface area contributed by atoms with Crippen molar-refractivity contribution in [3.8, 4) is 0 Å². The van der Waals surface area contributed by atoms with Crippen molar-refractivity contribution >= 4 is 38.2 Å². The Labute approximate surface area is 175 Å². The summed E-state index contributed by atoms with van der Waals surface area (Å²) in [5, 5.41) is 6.79. The Balaban J connectivity index is 1.43. The van der Waals surface area contributed by atoms with Crippen LogP contribution in [0.5, 0.6) is 0 Å². The molecule has 148 valence electrons. The number of nitrogens with zero attached hydrogens (tertiary/aromatic N) is 2. The number of carbonyl (C=O) groups excluding carboxylic acids is 1. The van der Waals surface area contributed by atoms with Gasteiger partial charge in [0.05, 0.1) is 22.8 Å². The van der Waals surface area contributed by atoms with Gasteiger partial charge in [0, 0.05) is 13.1 Å². The van der Waals surface area contributed by atoms with Crippen molar-refractivity contribution < 1.29 is 4.79 Å². The highest BCUT2D eigenvalue weighted by atomic mass is 32.1. The number of thiazole rings is 1. The number of aromatic nitrogens is 1. The largest absolute Gasteiger partial charge is 0.335 e. The van der Waals surface area contributed by atoms with E-state index in [1.165, 1.54) is 16.3 Å². The van der Waals surface area contributed by atoms with Crippen LogP contribution in [0.1, 0.15) is 36.5 Å². The van der Waals surface area contributed by atoms with E-state index in [2.05, 4.69) is 54.7 Å². The molecule has 4 nitrogen and oxygen atoms in total. The standard InChI is InChI=1S/C24H25N3OS/c1-16(19-12-8-10-18-9-4-5-11-20(18)19)25-15-23(28)27(3)17(2)24-26-21-13-6-7-14-22(21)29-24/h4-14,16-17,25H,15H2,1-3H3/t16-,17+/m1/s1. The van der Waals surface area contributed by atoms with E-state index in [1.807, 2.05) is 38.2 Å². The van der Waals surface area contributed by atoms with E-state index in [4.69, 9.17) is 4.98 Å². The van der Waals surface area contributed by atoms with Gasteiger partial charge in [-0.1, -0.05) is 54.6 Å². The Morgan fingerprint density at radius 1 is 1.03 bits per heavy atom. The molecular formula is C24H25N3OS. The second kappa shape index (κ2) is 8.31. The first-order valence-electron chi connectivity index (χ1n) is 9.87. The zero-order valence-electron chi connectivity index (χ0n) is 16.9. The van der Waals surface area contributed by atoms with Gasteiger partial charge >= 0.3 is 0 Å². The zero-order valence-corrected chi connectivity index (χ0v) is 17.7. The first kappa shape index (κ1) is 19.6. The molecule has 4 rings (SSSR count). The number of carbonyl (C=O) groups is 1. The van der Waals surface area contributed by atoms with Crippen molar-refractivity contribution in [3.63, 3.8) is 0 Å². The number of amides is 1. The normalized spacial score (nSPS) is 13.5. The van der Waals surface area contributed by atoms with E-state index >= 15 is 0 Å². The number of fused-ring (bicyclic) bond motifs is 2. The maximum Gasteiger partial charge on any atom is 0.236 e. The molecule has 1 heterocycles. The minimum atomic E-state index is -0.0606. The third kappa shape index (κ3) is 4.02. The number of para-hydroxylation sites is 1. The van der Waals surface area contributed by atoms with Crippen LogP contribution in [0.2, 0.25) is 0 Å². The molecule has 0 aliphatic carbocycles. The van der Waals surface area contributed by atoms with Gasteiger partial charge in [0.25, 0.3) is 0 Å². The molecule has 4 aromatic rings. The molecule has 1 aromatic heterocycles. The Hall–Kier alpha value is -2.76. The highest BCUT2D eigenvalue weighted by Crippen LogP contribution is 2.29. The molecule has 0 aliphatic heterocycles. The summed E-state index contributed by atoms with van der Waals surface area (Å²) in [5.74, 6) is 0.0591. The summed E-state index contributed by atoms with van der Waals surface area (Å²) >= 11 is 1.65. The molecule has 5 heteroatoms. The van der Waals surface area contributed by atoms with Crippen LogP contribution in [0.4, 0.5) is 0 Å². The first-order chi connectivity index (χ1) is 14.0. The Bertz CT molecular complexity index is 1110. The van der Waals surface area contributed by atoms with E-state index < -0.39 is 0 Å². The molecule has 29 heavy (non-hydrogen) atoms. The van der Waals surface area contributed by atoms with Crippen LogP contribution < -0.4 is 5.32 Å². The number of likely N-dealkylation sites (N-methyl/N-ethyl adjacent to an activating group) is 1. The third-order valence-electron chi connectivity index (χ3n) is 5.49. The molecule has 2 atom stereocenters. The van der Waals surface area contributed by atoms with Crippen LogP contribution in [0.25, 0.3) is 21.0 Å². The second-order valence-corrected chi connectivity index (χ2v) is 8.43. The molecule has 0 saturated heterocycles. The molecule has 1 N–H and O–H groups in total. The van der Waals surface area contributed by atoms with Crippen LogP contribution in [0, 0.1) is 0 Å². The number of hydrogen-bond donors (Lipinski definition) is 1. The van der Waals surface area contributed by atoms with Gasteiger partial charge in [0.1, 0.15) is 5.01 Å². The monoisotopic (exact) mass is 403 g/mol. The molecule has 0 aliphatic rings. The molecule has 0 fully saturated rings. The maximum absolute atomic E-state index is 12.8. The van der Waals surface area contributed by atoms with Crippen LogP contribution in [-0.4, -0.2) is 29.4 Å². The van der Waals surface area contributed by atoms with E-state index in [9.17, 15) is 4.79 Å². The van der Waals surface area contributed by atoms with Gasteiger partial charge in [-0.15, -0.1) is 11.3 Å². The predicted molar refractivity (Wildman–Crippen MR) is 121 cm³/mol. The van der Waals surface area contributed by atoms with Gasteiger partial charge < -0.3 is 10.2 Å². The summed E-state index contributed by atoms with van der Waals surface area (Å²) in [4.78, 5) is 19.3. The Morgan fingerprint density at radius 2 is 1.76 bits per heavy atom. The third-order valence-corrected chi connectivity index (χ3v) is 6.70. The molecule has 0 unspecified atom stereocenters. The van der Waals surface area contributed by atoms with E-state index in [0.717, 1.165) is 15.2 Å². The number of hydrogen-bond acceptors (Lipinski definition) is 4. The average molecular weight is 404 g/mol. The van der Waals surface area contributed by atoms with Crippen LogP contribution in [-0.2, 0) is 4.79 Å². The molecule has 0 saturated carbocycles. The van der Waals surface area contributed by atoms with Crippen LogP contribution in [0.15, 0.2) is 66.7 Å². The van der Waals surface area contributed by atoms with Gasteiger partial charge in [0.2, 0.25) is 5.91 Å². The first-order valence-corrected chi connectivity index (χ1v) is 10.7. The molecular weight excluding hydrogens is 378 g/mol. The summed E-state index contributed by atoms with van der Waals surface area (Å²) < 4.78 is 1.15. The lowest BCUT2D eigenvalue weighted by Crippen LogP contribution is -2.37. The number of rotatable bonds is 6. The smallest absolute Gasteiger partial charge is 0.236 e. The Morgan fingerprint density at radius 3 is 2.59 bits per heavy atom. The van der Waals surface area contributed by atoms with Crippen molar-refractivity contribution in [1.29, 1.82) is 0 Å². The van der Waals surface area contributed by atoms with E-state index in [1.54, 1.807) is 16.2 Å². The number of nitrogens with one attached hydrogen (secondary N) is 1. The summed E-state index contributed by atoms with van der Waals surface area (Å²) in [6.07, 6.45) is 0. The van der Waals surface area contributed by atoms with Crippen molar-refractivity contribution in [2.45, 2.75) is 25.9 Å². The lowest BCUT2D eigenvalue weighted by molar-refractivity contribution is -0.131. The fourth-order valence-electron chi connectivity index (χ4n) is 3.55. The van der Waals surface area contributed by atoms with Crippen molar-refractivity contribution in [2.75, 3.05) is 13.6 Å². The lowest BCUT2D eigenvalue weighted by Gasteiger charge is -2.25. The van der Waals surface area contributed by atoms with Crippen molar-refractivity contribution in [2.24, 2.45) is 0 Å². The van der Waals surface area contributed by atoms with Crippen LogP contribution >= 0.6 is 11.3 Å². The lowest BCUT2D eigenvalue weighted by atomic mass is 10.00. The summed E-state index contributed by atoms with van der Waals surface area (Å²) in [7, 11) is 1.85. The van der Waals surface area contributed by atoms with Gasteiger partial charge in [-0.2, -0.15) is 0 Å². The Kier molecular flexibility index (Phi) is 5.60. The SMILES string of the molecule is C[C@@H](NCC(=O)N(C)[C@@H](C)c1nc2ccccc2s1)c1cccc2ccccc12. The van der Waals surface area contributed by atoms with Crippen molar-refractivity contribution in [3.05, 3.63) is 77.3 Å².